The van der Waals surface area contributed by atoms with Gasteiger partial charge in [-0.15, -0.1) is 0 Å². The van der Waals surface area contributed by atoms with Crippen molar-refractivity contribution in [3.63, 3.8) is 0 Å². The van der Waals surface area contributed by atoms with Crippen molar-refractivity contribution >= 4 is 22.8 Å². The highest BCUT2D eigenvalue weighted by atomic mass is 16.2. The highest BCUT2D eigenvalue weighted by molar-refractivity contribution is 6.02. The zero-order valence-corrected chi connectivity index (χ0v) is 17.8. The van der Waals surface area contributed by atoms with E-state index in [0.717, 1.165) is 46.8 Å². The predicted octanol–water partition coefficient (Wildman–Crippen LogP) is 4.06. The topological polar surface area (TPSA) is 54.3 Å². The Hall–Kier alpha value is -3.67. The summed E-state index contributed by atoms with van der Waals surface area (Å²) in [6, 6.07) is 18.9. The maximum absolute atomic E-state index is 11.8. The molecule has 2 aromatic heterocycles. The van der Waals surface area contributed by atoms with Crippen LogP contribution in [0.15, 0.2) is 67.1 Å². The number of aromatic nitrogens is 3. The fourth-order valence-corrected chi connectivity index (χ4v) is 4.26. The van der Waals surface area contributed by atoms with E-state index < -0.39 is 0 Å². The SMILES string of the molecule is CC(=O)N1CCN(c2ncnc3c2c(-c2ccccc2)cn3-c2ccc(C)cc2)CC1. The first-order chi connectivity index (χ1) is 15.1. The lowest BCUT2D eigenvalue weighted by atomic mass is 10.1. The van der Waals surface area contributed by atoms with Crippen LogP contribution in [-0.4, -0.2) is 51.5 Å². The van der Waals surface area contributed by atoms with Gasteiger partial charge in [-0.2, -0.15) is 0 Å². The van der Waals surface area contributed by atoms with Crippen LogP contribution in [0.1, 0.15) is 12.5 Å². The molecule has 0 spiro atoms. The van der Waals surface area contributed by atoms with Crippen LogP contribution < -0.4 is 4.90 Å². The number of carbonyl (C=O) groups excluding carboxylic acids is 1. The number of nitrogens with zero attached hydrogens (tertiary/aromatic N) is 5. The third kappa shape index (κ3) is 3.54. The van der Waals surface area contributed by atoms with Crippen molar-refractivity contribution in [2.75, 3.05) is 31.1 Å². The van der Waals surface area contributed by atoms with Crippen LogP contribution in [0.4, 0.5) is 5.82 Å². The zero-order valence-electron chi connectivity index (χ0n) is 17.8. The summed E-state index contributed by atoms with van der Waals surface area (Å²) in [5.41, 5.74) is 5.44. The number of hydrogen-bond acceptors (Lipinski definition) is 4. The molecule has 3 heterocycles. The van der Waals surface area contributed by atoms with E-state index >= 15 is 0 Å². The fourth-order valence-electron chi connectivity index (χ4n) is 4.26. The van der Waals surface area contributed by atoms with Gasteiger partial charge < -0.3 is 14.4 Å². The number of amides is 1. The molecule has 6 heteroatoms. The molecule has 0 atom stereocenters. The van der Waals surface area contributed by atoms with Crippen LogP contribution in [0.2, 0.25) is 0 Å². The number of rotatable bonds is 3. The van der Waals surface area contributed by atoms with Gasteiger partial charge in [-0.25, -0.2) is 9.97 Å². The molecular formula is C25H25N5O. The van der Waals surface area contributed by atoms with Gasteiger partial charge in [0.2, 0.25) is 5.91 Å². The monoisotopic (exact) mass is 411 g/mol. The fraction of sp³-hybridized carbons (Fsp3) is 0.240. The Kier molecular flexibility index (Phi) is 4.90. The minimum atomic E-state index is 0.128. The van der Waals surface area contributed by atoms with Gasteiger partial charge in [-0.1, -0.05) is 48.0 Å². The maximum Gasteiger partial charge on any atom is 0.219 e. The summed E-state index contributed by atoms with van der Waals surface area (Å²) in [6.07, 6.45) is 3.81. The van der Waals surface area contributed by atoms with Gasteiger partial charge >= 0.3 is 0 Å². The third-order valence-electron chi connectivity index (χ3n) is 5.98. The maximum atomic E-state index is 11.8. The molecule has 1 amide bonds. The molecule has 1 aliphatic heterocycles. The highest BCUT2D eigenvalue weighted by Crippen LogP contribution is 2.37. The normalized spacial score (nSPS) is 14.3. The van der Waals surface area contributed by atoms with Crippen molar-refractivity contribution in [3.05, 3.63) is 72.7 Å². The quantitative estimate of drug-likeness (QED) is 0.510. The minimum absolute atomic E-state index is 0.128. The molecule has 0 unspecified atom stereocenters. The van der Waals surface area contributed by atoms with Crippen molar-refractivity contribution in [2.24, 2.45) is 0 Å². The number of carbonyl (C=O) groups is 1. The number of anilines is 1. The Bertz CT molecular complexity index is 1220. The van der Waals surface area contributed by atoms with Crippen molar-refractivity contribution in [3.8, 4) is 16.8 Å². The van der Waals surface area contributed by atoms with Crippen molar-refractivity contribution in [1.29, 1.82) is 0 Å². The van der Waals surface area contributed by atoms with Crippen molar-refractivity contribution in [1.82, 2.24) is 19.4 Å². The molecule has 0 radical (unpaired) electrons. The van der Waals surface area contributed by atoms with Gasteiger partial charge in [-0.3, -0.25) is 4.79 Å². The second-order valence-electron chi connectivity index (χ2n) is 8.00. The van der Waals surface area contributed by atoms with Gasteiger partial charge in [0.05, 0.1) is 5.39 Å². The molecule has 2 aromatic carbocycles. The summed E-state index contributed by atoms with van der Waals surface area (Å²) >= 11 is 0. The first kappa shape index (κ1) is 19.3. The van der Waals surface area contributed by atoms with Gasteiger partial charge in [0.15, 0.2) is 5.65 Å². The number of hydrogen-bond donors (Lipinski definition) is 0. The Balaban J connectivity index is 1.67. The number of benzene rings is 2. The summed E-state index contributed by atoms with van der Waals surface area (Å²) in [5.74, 6) is 1.06. The molecule has 1 fully saturated rings. The Morgan fingerprint density at radius 3 is 2.29 bits per heavy atom. The molecular weight excluding hydrogens is 386 g/mol. The van der Waals surface area contributed by atoms with Crippen LogP contribution in [0.3, 0.4) is 0 Å². The minimum Gasteiger partial charge on any atom is -0.352 e. The van der Waals surface area contributed by atoms with E-state index in [1.54, 1.807) is 13.3 Å². The molecule has 0 saturated carbocycles. The Morgan fingerprint density at radius 1 is 0.903 bits per heavy atom. The average molecular weight is 412 g/mol. The average Bonchev–Trinajstić information content (AvgIpc) is 3.20. The predicted molar refractivity (Wildman–Crippen MR) is 124 cm³/mol. The lowest BCUT2D eigenvalue weighted by Crippen LogP contribution is -2.48. The standard InChI is InChI=1S/C25H25N5O/c1-18-8-10-21(11-9-18)30-16-22(20-6-4-3-5-7-20)23-24(26-17-27-25(23)30)29-14-12-28(13-15-29)19(2)31/h3-11,16-17H,12-15H2,1-2H3. The van der Waals surface area contributed by atoms with Gasteiger partial charge in [0.25, 0.3) is 0 Å². The molecule has 6 nitrogen and oxygen atoms in total. The van der Waals surface area contributed by atoms with Gasteiger partial charge in [-0.05, 0) is 24.6 Å². The lowest BCUT2D eigenvalue weighted by Gasteiger charge is -2.35. The zero-order chi connectivity index (χ0) is 21.4. The summed E-state index contributed by atoms with van der Waals surface area (Å²) < 4.78 is 2.15. The lowest BCUT2D eigenvalue weighted by molar-refractivity contribution is -0.129. The summed E-state index contributed by atoms with van der Waals surface area (Å²) in [6.45, 7) is 6.66. The molecule has 0 N–H and O–H groups in total. The van der Waals surface area contributed by atoms with Crippen molar-refractivity contribution < 1.29 is 4.79 Å². The van der Waals surface area contributed by atoms with E-state index in [9.17, 15) is 4.79 Å². The second-order valence-corrected chi connectivity index (χ2v) is 8.00. The highest BCUT2D eigenvalue weighted by Gasteiger charge is 2.24. The first-order valence-corrected chi connectivity index (χ1v) is 10.6. The molecule has 0 aliphatic carbocycles. The van der Waals surface area contributed by atoms with E-state index in [2.05, 4.69) is 76.1 Å². The Morgan fingerprint density at radius 2 is 1.61 bits per heavy atom. The van der Waals surface area contributed by atoms with Crippen LogP contribution in [-0.2, 0) is 4.79 Å². The van der Waals surface area contributed by atoms with Crippen LogP contribution in [0, 0.1) is 6.92 Å². The van der Waals surface area contributed by atoms with E-state index in [0.29, 0.717) is 13.1 Å². The number of aryl methyl sites for hydroxylation is 1. The van der Waals surface area contributed by atoms with Crippen LogP contribution >= 0.6 is 0 Å². The molecule has 0 bridgehead atoms. The molecule has 1 aliphatic rings. The number of piperazine rings is 1. The molecule has 1 saturated heterocycles. The summed E-state index contributed by atoms with van der Waals surface area (Å²) in [5, 5.41) is 1.05. The van der Waals surface area contributed by atoms with E-state index in [1.165, 1.54) is 5.56 Å². The molecule has 5 rings (SSSR count). The van der Waals surface area contributed by atoms with Crippen LogP contribution in [0.5, 0.6) is 0 Å². The smallest absolute Gasteiger partial charge is 0.219 e. The van der Waals surface area contributed by atoms with E-state index in [1.807, 2.05) is 11.0 Å². The van der Waals surface area contributed by atoms with Crippen LogP contribution in [0.25, 0.3) is 27.8 Å². The summed E-state index contributed by atoms with van der Waals surface area (Å²) in [4.78, 5) is 25.3. The molecule has 4 aromatic rings. The van der Waals surface area contributed by atoms with Gasteiger partial charge in [0, 0.05) is 50.6 Å². The largest absolute Gasteiger partial charge is 0.352 e. The van der Waals surface area contributed by atoms with E-state index in [-0.39, 0.29) is 5.91 Å². The number of fused-ring (bicyclic) bond motifs is 1. The molecule has 31 heavy (non-hydrogen) atoms. The summed E-state index contributed by atoms with van der Waals surface area (Å²) in [7, 11) is 0. The first-order valence-electron chi connectivity index (χ1n) is 10.6. The Labute approximate surface area is 181 Å². The third-order valence-corrected chi connectivity index (χ3v) is 5.98. The van der Waals surface area contributed by atoms with Crippen molar-refractivity contribution in [2.45, 2.75) is 13.8 Å². The molecule has 156 valence electrons. The van der Waals surface area contributed by atoms with Gasteiger partial charge in [0.1, 0.15) is 12.1 Å². The van der Waals surface area contributed by atoms with E-state index in [4.69, 9.17) is 4.98 Å². The second kappa shape index (κ2) is 7.87.